The highest BCUT2D eigenvalue weighted by Crippen LogP contribution is 2.16. The molecule has 1 N–H and O–H groups in total. The van der Waals surface area contributed by atoms with Crippen LogP contribution in [0.2, 0.25) is 0 Å². The van der Waals surface area contributed by atoms with E-state index in [0.717, 1.165) is 11.1 Å². The Bertz CT molecular complexity index is 616. The summed E-state index contributed by atoms with van der Waals surface area (Å²) in [5, 5.41) is 9.59. The predicted octanol–water partition coefficient (Wildman–Crippen LogP) is 2.71. The molecule has 0 saturated heterocycles. The lowest BCUT2D eigenvalue weighted by Gasteiger charge is -2.28. The van der Waals surface area contributed by atoms with Gasteiger partial charge < -0.3 is 9.84 Å². The van der Waals surface area contributed by atoms with Crippen molar-refractivity contribution in [1.82, 2.24) is 4.90 Å². The minimum atomic E-state index is -1.03. The quantitative estimate of drug-likeness (QED) is 0.755. The smallest absolute Gasteiger partial charge is 0.321 e. The van der Waals surface area contributed by atoms with E-state index in [2.05, 4.69) is 4.74 Å². The van der Waals surface area contributed by atoms with E-state index in [4.69, 9.17) is 0 Å². The summed E-state index contributed by atoms with van der Waals surface area (Å²) in [5.74, 6) is -1.57. The highest BCUT2D eigenvalue weighted by Gasteiger charge is 2.28. The number of carboxylic acids is 1. The monoisotopic (exact) mass is 327 g/mol. The van der Waals surface area contributed by atoms with Gasteiger partial charge in [0.1, 0.15) is 6.04 Å². The van der Waals surface area contributed by atoms with Gasteiger partial charge >= 0.3 is 11.9 Å². The summed E-state index contributed by atoms with van der Waals surface area (Å²) >= 11 is 0. The number of carboxylic acid groups (broad SMARTS) is 1. The predicted molar refractivity (Wildman–Crippen MR) is 90.2 cm³/mol. The van der Waals surface area contributed by atoms with Gasteiger partial charge in [-0.2, -0.15) is 0 Å². The molecular weight excluding hydrogens is 306 g/mol. The van der Waals surface area contributed by atoms with Crippen LogP contribution in [0, 0.1) is 0 Å². The molecule has 1 atom stereocenters. The van der Waals surface area contributed by atoms with E-state index in [1.54, 1.807) is 4.90 Å². The van der Waals surface area contributed by atoms with Gasteiger partial charge in [-0.25, -0.2) is 0 Å². The van der Waals surface area contributed by atoms with Gasteiger partial charge in [-0.15, -0.1) is 0 Å². The van der Waals surface area contributed by atoms with Crippen LogP contribution in [0.3, 0.4) is 0 Å². The number of benzene rings is 2. The second kappa shape index (κ2) is 8.84. The molecule has 0 spiro atoms. The molecule has 0 saturated carbocycles. The van der Waals surface area contributed by atoms with Crippen molar-refractivity contribution in [3.8, 4) is 0 Å². The van der Waals surface area contributed by atoms with Gasteiger partial charge in [0, 0.05) is 13.1 Å². The Balaban J connectivity index is 2.25. The summed E-state index contributed by atoms with van der Waals surface area (Å²) in [6, 6.07) is 18.3. The molecule has 0 heterocycles. The summed E-state index contributed by atoms with van der Waals surface area (Å²) < 4.78 is 4.65. The van der Waals surface area contributed by atoms with Crippen LogP contribution in [0.25, 0.3) is 0 Å². The molecule has 2 rings (SSSR count). The number of nitrogens with zero attached hydrogens (tertiary/aromatic N) is 1. The summed E-state index contributed by atoms with van der Waals surface area (Å²) in [7, 11) is 1.26. The number of carbonyl (C=O) groups excluding carboxylic acids is 1. The fourth-order valence-electron chi connectivity index (χ4n) is 2.53. The van der Waals surface area contributed by atoms with Crippen molar-refractivity contribution in [3.63, 3.8) is 0 Å². The SMILES string of the molecule is COC(=O)C[C@@H](C(=O)O)N(Cc1ccccc1)Cc1ccccc1. The molecule has 0 aliphatic heterocycles. The number of methoxy groups -OCH3 is 1. The Morgan fingerprint density at radius 2 is 1.42 bits per heavy atom. The van der Waals surface area contributed by atoms with Crippen LogP contribution in [0.4, 0.5) is 0 Å². The number of aliphatic carboxylic acids is 1. The molecule has 0 unspecified atom stereocenters. The fraction of sp³-hybridized carbons (Fsp3) is 0.263. The van der Waals surface area contributed by atoms with Crippen LogP contribution in [0.5, 0.6) is 0 Å². The van der Waals surface area contributed by atoms with Gasteiger partial charge in [0.05, 0.1) is 13.5 Å². The number of hydrogen-bond acceptors (Lipinski definition) is 4. The number of carbonyl (C=O) groups is 2. The standard InChI is InChI=1S/C19H21NO4/c1-24-18(21)12-17(19(22)23)20(13-15-8-4-2-5-9-15)14-16-10-6-3-7-11-16/h2-11,17H,12-14H2,1H3,(H,22,23)/t17-/m0/s1. The van der Waals surface area contributed by atoms with E-state index in [1.165, 1.54) is 7.11 Å². The minimum Gasteiger partial charge on any atom is -0.480 e. The first kappa shape index (κ1) is 17.7. The van der Waals surface area contributed by atoms with Crippen molar-refractivity contribution in [2.45, 2.75) is 25.6 Å². The van der Waals surface area contributed by atoms with Gasteiger partial charge in [0.25, 0.3) is 0 Å². The van der Waals surface area contributed by atoms with E-state index in [-0.39, 0.29) is 6.42 Å². The van der Waals surface area contributed by atoms with Crippen LogP contribution in [0.15, 0.2) is 60.7 Å². The lowest BCUT2D eigenvalue weighted by molar-refractivity contribution is -0.151. The Hall–Kier alpha value is -2.66. The highest BCUT2D eigenvalue weighted by molar-refractivity contribution is 5.81. The third-order valence-electron chi connectivity index (χ3n) is 3.77. The van der Waals surface area contributed by atoms with Crippen molar-refractivity contribution < 1.29 is 19.4 Å². The van der Waals surface area contributed by atoms with Crippen LogP contribution in [0.1, 0.15) is 17.5 Å². The zero-order chi connectivity index (χ0) is 17.4. The van der Waals surface area contributed by atoms with E-state index in [1.807, 2.05) is 60.7 Å². The summed E-state index contributed by atoms with van der Waals surface area (Å²) in [6.45, 7) is 0.868. The van der Waals surface area contributed by atoms with Crippen LogP contribution in [-0.4, -0.2) is 35.1 Å². The maximum atomic E-state index is 11.7. The van der Waals surface area contributed by atoms with Crippen LogP contribution in [-0.2, 0) is 27.4 Å². The summed E-state index contributed by atoms with van der Waals surface area (Å²) in [6.07, 6.45) is -0.189. The topological polar surface area (TPSA) is 66.8 Å². The summed E-state index contributed by atoms with van der Waals surface area (Å²) in [5.41, 5.74) is 1.98. The molecule has 0 radical (unpaired) electrons. The van der Waals surface area contributed by atoms with Crippen LogP contribution < -0.4 is 0 Å². The van der Waals surface area contributed by atoms with Crippen molar-refractivity contribution in [2.24, 2.45) is 0 Å². The molecule has 24 heavy (non-hydrogen) atoms. The number of ether oxygens (including phenoxy) is 1. The third-order valence-corrected chi connectivity index (χ3v) is 3.77. The average molecular weight is 327 g/mol. The first-order valence-electron chi connectivity index (χ1n) is 7.71. The van der Waals surface area contributed by atoms with Crippen LogP contribution >= 0.6 is 0 Å². The molecule has 0 amide bonds. The highest BCUT2D eigenvalue weighted by atomic mass is 16.5. The third kappa shape index (κ3) is 5.21. The molecule has 0 bridgehead atoms. The maximum absolute atomic E-state index is 11.7. The number of esters is 1. The van der Waals surface area contributed by atoms with Crippen molar-refractivity contribution in [3.05, 3.63) is 71.8 Å². The number of hydrogen-bond donors (Lipinski definition) is 1. The molecule has 126 valence electrons. The molecule has 5 heteroatoms. The van der Waals surface area contributed by atoms with Gasteiger partial charge in [-0.3, -0.25) is 14.5 Å². The zero-order valence-corrected chi connectivity index (χ0v) is 13.6. The summed E-state index contributed by atoms with van der Waals surface area (Å²) in [4.78, 5) is 25.1. The second-order valence-corrected chi connectivity index (χ2v) is 5.51. The average Bonchev–Trinajstić information content (AvgIpc) is 2.60. The molecule has 2 aromatic rings. The van der Waals surface area contributed by atoms with Crippen molar-refractivity contribution in [2.75, 3.05) is 7.11 Å². The molecule has 0 aliphatic rings. The molecule has 0 aliphatic carbocycles. The number of rotatable bonds is 8. The Morgan fingerprint density at radius 3 is 1.79 bits per heavy atom. The molecule has 0 aromatic heterocycles. The van der Waals surface area contributed by atoms with E-state index in [0.29, 0.717) is 13.1 Å². The maximum Gasteiger partial charge on any atom is 0.321 e. The molecule has 5 nitrogen and oxygen atoms in total. The molecule has 2 aromatic carbocycles. The van der Waals surface area contributed by atoms with E-state index >= 15 is 0 Å². The lowest BCUT2D eigenvalue weighted by Crippen LogP contribution is -2.42. The van der Waals surface area contributed by atoms with Gasteiger partial charge in [-0.05, 0) is 11.1 Å². The van der Waals surface area contributed by atoms with Gasteiger partial charge in [-0.1, -0.05) is 60.7 Å². The van der Waals surface area contributed by atoms with Crippen molar-refractivity contribution in [1.29, 1.82) is 0 Å². The molecular formula is C19H21NO4. The lowest BCUT2D eigenvalue weighted by atomic mass is 10.1. The van der Waals surface area contributed by atoms with Gasteiger partial charge in [0.15, 0.2) is 0 Å². The van der Waals surface area contributed by atoms with Gasteiger partial charge in [0.2, 0.25) is 0 Å². The Labute approximate surface area is 141 Å². The Kier molecular flexibility index (Phi) is 6.51. The first-order valence-corrected chi connectivity index (χ1v) is 7.71. The normalized spacial score (nSPS) is 11.9. The minimum absolute atomic E-state index is 0.189. The largest absolute Gasteiger partial charge is 0.480 e. The fourth-order valence-corrected chi connectivity index (χ4v) is 2.53. The second-order valence-electron chi connectivity index (χ2n) is 5.51. The molecule has 0 fully saturated rings. The zero-order valence-electron chi connectivity index (χ0n) is 13.6. The van der Waals surface area contributed by atoms with Crippen molar-refractivity contribution >= 4 is 11.9 Å². The Morgan fingerprint density at radius 1 is 0.958 bits per heavy atom. The van der Waals surface area contributed by atoms with E-state index in [9.17, 15) is 14.7 Å². The van der Waals surface area contributed by atoms with E-state index < -0.39 is 18.0 Å². The first-order chi connectivity index (χ1) is 11.6.